The maximum Gasteiger partial charge on any atom is 0.321 e. The fraction of sp³-hybridized carbons (Fsp3) is 0.250. The fourth-order valence-corrected chi connectivity index (χ4v) is 3.99. The normalized spacial score (nSPS) is 11.4. The van der Waals surface area contributed by atoms with E-state index in [0.29, 0.717) is 31.1 Å². The predicted octanol–water partition coefficient (Wildman–Crippen LogP) is 2.90. The van der Waals surface area contributed by atoms with E-state index in [4.69, 9.17) is 0 Å². The Morgan fingerprint density at radius 3 is 2.36 bits per heavy atom. The van der Waals surface area contributed by atoms with Crippen LogP contribution < -0.4 is 21.1 Å². The van der Waals surface area contributed by atoms with Crippen LogP contribution in [0.1, 0.15) is 46.8 Å². The highest BCUT2D eigenvalue weighted by atomic mass is 32.1. The molecule has 0 spiro atoms. The molecule has 3 aromatic rings. The molecule has 1 aromatic heterocycles. The quantitative estimate of drug-likeness (QED) is 0.376. The van der Waals surface area contributed by atoms with Crippen molar-refractivity contribution in [1.29, 1.82) is 0 Å². The van der Waals surface area contributed by atoms with Gasteiger partial charge >= 0.3 is 6.03 Å². The molecular formula is C24H25N4O4S-. The number of thiazole rings is 1. The highest BCUT2D eigenvalue weighted by molar-refractivity contribution is 7.14. The second-order valence-corrected chi connectivity index (χ2v) is 8.27. The van der Waals surface area contributed by atoms with Gasteiger partial charge in [0.2, 0.25) is 0 Å². The minimum atomic E-state index is -1.09. The van der Waals surface area contributed by atoms with Crippen molar-refractivity contribution in [3.63, 3.8) is 0 Å². The van der Waals surface area contributed by atoms with Crippen molar-refractivity contribution in [2.45, 2.75) is 31.7 Å². The molecule has 0 aliphatic heterocycles. The number of benzene rings is 2. The standard InChI is InChI=1S/C24H26N4O4S/c29-21(30)14-19(18-10-5-2-6-11-18)12-7-13-25-22(31)20-16-33-24(27-20)28-23(32)26-15-17-8-3-1-4-9-17/h1-6,8-11,16,19H,7,12-15H2,(H,25,31)(H,29,30)(H2,26,27,28,32)/p-1. The number of urea groups is 1. The zero-order chi connectivity index (χ0) is 23.5. The molecule has 8 nitrogen and oxygen atoms in total. The van der Waals surface area contributed by atoms with Gasteiger partial charge in [-0.05, 0) is 36.3 Å². The van der Waals surface area contributed by atoms with Gasteiger partial charge in [0.1, 0.15) is 5.69 Å². The number of carbonyl (C=O) groups excluding carboxylic acids is 3. The molecule has 3 N–H and O–H groups in total. The van der Waals surface area contributed by atoms with Gasteiger partial charge in [-0.25, -0.2) is 9.78 Å². The summed E-state index contributed by atoms with van der Waals surface area (Å²) < 4.78 is 0. The Labute approximate surface area is 196 Å². The van der Waals surface area contributed by atoms with Gasteiger partial charge in [0.05, 0.1) is 0 Å². The van der Waals surface area contributed by atoms with Crippen LogP contribution in [0.3, 0.4) is 0 Å². The monoisotopic (exact) mass is 465 g/mol. The highest BCUT2D eigenvalue weighted by Crippen LogP contribution is 2.24. The largest absolute Gasteiger partial charge is 0.550 e. The maximum atomic E-state index is 12.3. The topological polar surface area (TPSA) is 123 Å². The highest BCUT2D eigenvalue weighted by Gasteiger charge is 2.14. The Balaban J connectivity index is 1.41. The van der Waals surface area contributed by atoms with Crippen molar-refractivity contribution < 1.29 is 19.5 Å². The lowest BCUT2D eigenvalue weighted by Gasteiger charge is -2.18. The molecule has 0 aliphatic rings. The van der Waals surface area contributed by atoms with E-state index >= 15 is 0 Å². The fourth-order valence-electron chi connectivity index (χ4n) is 3.31. The average molecular weight is 466 g/mol. The van der Waals surface area contributed by atoms with E-state index < -0.39 is 12.0 Å². The molecule has 1 unspecified atom stereocenters. The molecule has 0 saturated carbocycles. The molecule has 1 atom stereocenters. The molecule has 3 amide bonds. The Morgan fingerprint density at radius 2 is 1.67 bits per heavy atom. The molecular weight excluding hydrogens is 440 g/mol. The van der Waals surface area contributed by atoms with Gasteiger partial charge in [-0.3, -0.25) is 10.1 Å². The van der Waals surface area contributed by atoms with Crippen molar-refractivity contribution in [2.75, 3.05) is 11.9 Å². The minimum Gasteiger partial charge on any atom is -0.550 e. The van der Waals surface area contributed by atoms with Crippen LogP contribution in [-0.4, -0.2) is 29.4 Å². The van der Waals surface area contributed by atoms with Gasteiger partial charge in [0.25, 0.3) is 5.91 Å². The number of nitrogens with zero attached hydrogens (tertiary/aromatic N) is 1. The number of anilines is 1. The molecule has 0 radical (unpaired) electrons. The van der Waals surface area contributed by atoms with Crippen LogP contribution in [0.15, 0.2) is 66.0 Å². The van der Waals surface area contributed by atoms with Gasteiger partial charge in [0.15, 0.2) is 5.13 Å². The average Bonchev–Trinajstić information content (AvgIpc) is 3.29. The number of amides is 3. The summed E-state index contributed by atoms with van der Waals surface area (Å²) in [4.78, 5) is 39.6. The molecule has 1 heterocycles. The number of nitrogens with one attached hydrogen (secondary N) is 3. The lowest BCUT2D eigenvalue weighted by molar-refractivity contribution is -0.306. The third kappa shape index (κ3) is 8.04. The lowest BCUT2D eigenvalue weighted by Crippen LogP contribution is -2.28. The number of aliphatic carboxylic acids is 1. The molecule has 0 fully saturated rings. The van der Waals surface area contributed by atoms with Gasteiger partial charge < -0.3 is 20.5 Å². The van der Waals surface area contributed by atoms with Crippen LogP contribution in [0.2, 0.25) is 0 Å². The Bertz CT molecular complexity index is 1060. The number of aromatic nitrogens is 1. The van der Waals surface area contributed by atoms with Crippen molar-refractivity contribution in [3.05, 3.63) is 82.9 Å². The first-order valence-corrected chi connectivity index (χ1v) is 11.5. The first-order valence-electron chi connectivity index (χ1n) is 10.6. The summed E-state index contributed by atoms with van der Waals surface area (Å²) in [7, 11) is 0. The van der Waals surface area contributed by atoms with E-state index in [9.17, 15) is 19.5 Å². The molecule has 9 heteroatoms. The van der Waals surface area contributed by atoms with Crippen LogP contribution >= 0.6 is 11.3 Å². The zero-order valence-corrected chi connectivity index (χ0v) is 18.8. The Kier molecular flexibility index (Phi) is 8.96. The number of hydrogen-bond donors (Lipinski definition) is 3. The summed E-state index contributed by atoms with van der Waals surface area (Å²) in [5.41, 5.74) is 2.13. The van der Waals surface area contributed by atoms with E-state index in [0.717, 1.165) is 22.5 Å². The third-order valence-corrected chi connectivity index (χ3v) is 5.71. The van der Waals surface area contributed by atoms with Crippen molar-refractivity contribution in [1.82, 2.24) is 15.6 Å². The SMILES string of the molecule is O=C([O-])CC(CCCNC(=O)c1csc(NC(=O)NCc2ccccc2)n1)c1ccccc1. The van der Waals surface area contributed by atoms with E-state index in [-0.39, 0.29) is 23.9 Å². The predicted molar refractivity (Wildman–Crippen MR) is 125 cm³/mol. The molecule has 0 aliphatic carbocycles. The molecule has 172 valence electrons. The third-order valence-electron chi connectivity index (χ3n) is 4.95. The van der Waals surface area contributed by atoms with Crippen LogP contribution in [0.4, 0.5) is 9.93 Å². The molecule has 33 heavy (non-hydrogen) atoms. The minimum absolute atomic E-state index is 0.0641. The number of hydrogen-bond acceptors (Lipinski definition) is 6. The lowest BCUT2D eigenvalue weighted by atomic mass is 9.91. The van der Waals surface area contributed by atoms with Gasteiger partial charge in [-0.2, -0.15) is 0 Å². The molecule has 0 saturated heterocycles. The zero-order valence-electron chi connectivity index (χ0n) is 18.0. The summed E-state index contributed by atoms with van der Waals surface area (Å²) in [6.45, 7) is 0.764. The number of carbonyl (C=O) groups is 3. The molecule has 2 aromatic carbocycles. The summed E-state index contributed by atoms with van der Waals surface area (Å²) in [5, 5.41) is 21.1. The van der Waals surface area contributed by atoms with Crippen molar-refractivity contribution in [2.24, 2.45) is 0 Å². The van der Waals surface area contributed by atoms with Crippen molar-refractivity contribution >= 4 is 34.4 Å². The van der Waals surface area contributed by atoms with Crippen LogP contribution in [-0.2, 0) is 11.3 Å². The first kappa shape index (κ1) is 23.9. The van der Waals surface area contributed by atoms with Crippen molar-refractivity contribution in [3.8, 4) is 0 Å². The van der Waals surface area contributed by atoms with Crippen LogP contribution in [0.25, 0.3) is 0 Å². The first-order chi connectivity index (χ1) is 16.0. The summed E-state index contributed by atoms with van der Waals surface area (Å²) in [6.07, 6.45) is 1.14. The van der Waals surface area contributed by atoms with E-state index in [1.807, 2.05) is 60.7 Å². The molecule has 3 rings (SSSR count). The van der Waals surface area contributed by atoms with E-state index in [1.54, 1.807) is 5.38 Å². The van der Waals surface area contributed by atoms with Gasteiger partial charge in [-0.1, -0.05) is 60.7 Å². The summed E-state index contributed by atoms with van der Waals surface area (Å²) in [6, 6.07) is 18.5. The second-order valence-electron chi connectivity index (χ2n) is 7.41. The maximum absolute atomic E-state index is 12.3. The number of carboxylic acids is 1. The molecule has 0 bridgehead atoms. The number of carboxylic acid groups (broad SMARTS) is 1. The number of rotatable bonds is 11. The van der Waals surface area contributed by atoms with E-state index in [2.05, 4.69) is 20.9 Å². The van der Waals surface area contributed by atoms with Crippen LogP contribution in [0.5, 0.6) is 0 Å². The summed E-state index contributed by atoms with van der Waals surface area (Å²) >= 11 is 1.16. The van der Waals surface area contributed by atoms with Gasteiger partial charge in [0, 0.05) is 24.4 Å². The Hall–Kier alpha value is -3.72. The Morgan fingerprint density at radius 1 is 0.970 bits per heavy atom. The van der Waals surface area contributed by atoms with Crippen LogP contribution in [0, 0.1) is 0 Å². The smallest absolute Gasteiger partial charge is 0.321 e. The second kappa shape index (κ2) is 12.4. The van der Waals surface area contributed by atoms with Gasteiger partial charge in [-0.15, -0.1) is 11.3 Å². The summed E-state index contributed by atoms with van der Waals surface area (Å²) in [5.74, 6) is -1.61. The van der Waals surface area contributed by atoms with E-state index in [1.165, 1.54) is 0 Å².